The van der Waals surface area contributed by atoms with Crippen molar-refractivity contribution in [3.05, 3.63) is 42.5 Å². The fourth-order valence-corrected chi connectivity index (χ4v) is 1.57. The molecule has 0 radical (unpaired) electrons. The summed E-state index contributed by atoms with van der Waals surface area (Å²) < 4.78 is 22.3. The van der Waals surface area contributed by atoms with Crippen molar-refractivity contribution in [2.45, 2.75) is 6.92 Å². The third kappa shape index (κ3) is 2.74. The van der Waals surface area contributed by atoms with Gasteiger partial charge in [-0.15, -0.1) is 0 Å². The number of aryl methyl sites for hydroxylation is 1. The monoisotopic (exact) mass is 224 g/mol. The zero-order valence-corrected chi connectivity index (χ0v) is 8.99. The molecule has 1 amide bonds. The number of rotatable bonds is 3. The predicted molar refractivity (Wildman–Crippen MR) is 57.8 cm³/mol. The van der Waals surface area contributed by atoms with Crippen molar-refractivity contribution in [3.63, 3.8) is 0 Å². The Morgan fingerprint density at radius 3 is 2.40 bits per heavy atom. The number of carbonyl (C=O) groups excluding carboxylic acids is 1. The second-order valence-electron chi connectivity index (χ2n) is 2.89. The summed E-state index contributed by atoms with van der Waals surface area (Å²) in [6, 6.07) is 6.58. The summed E-state index contributed by atoms with van der Waals surface area (Å²) in [7, 11) is 0. The van der Waals surface area contributed by atoms with Crippen molar-refractivity contribution < 1.29 is 13.6 Å². The van der Waals surface area contributed by atoms with Crippen molar-refractivity contribution in [2.24, 2.45) is 0 Å². The summed E-state index contributed by atoms with van der Waals surface area (Å²) in [6.45, 7) is 5.12. The second kappa shape index (κ2) is 4.86. The lowest BCUT2D eigenvalue weighted by atomic mass is 10.2. The molecule has 0 aliphatic heterocycles. The number of amides is 1. The minimum Gasteiger partial charge on any atom is -0.755 e. The summed E-state index contributed by atoms with van der Waals surface area (Å²) in [5.41, 5.74) is 1.29. The Bertz CT molecular complexity index is 400. The van der Waals surface area contributed by atoms with Gasteiger partial charge in [0.1, 0.15) is 0 Å². The highest BCUT2D eigenvalue weighted by molar-refractivity contribution is 7.81. The van der Waals surface area contributed by atoms with E-state index in [1.165, 1.54) is 0 Å². The van der Waals surface area contributed by atoms with Gasteiger partial charge in [0.15, 0.2) is 0 Å². The van der Waals surface area contributed by atoms with Gasteiger partial charge in [-0.2, -0.15) is 0 Å². The highest BCUT2D eigenvalue weighted by Crippen LogP contribution is 2.16. The number of anilines is 1. The van der Waals surface area contributed by atoms with Crippen LogP contribution in [0, 0.1) is 6.92 Å². The molecule has 15 heavy (non-hydrogen) atoms. The van der Waals surface area contributed by atoms with Crippen LogP contribution in [0.4, 0.5) is 5.69 Å². The predicted octanol–water partition coefficient (Wildman–Crippen LogP) is 1.31. The molecule has 0 aliphatic rings. The Kier molecular flexibility index (Phi) is 3.76. The molecular weight excluding hydrogens is 214 g/mol. The molecule has 0 heterocycles. The Labute approximate surface area is 90.6 Å². The van der Waals surface area contributed by atoms with Crippen LogP contribution in [0.25, 0.3) is 0 Å². The molecule has 0 spiro atoms. The summed E-state index contributed by atoms with van der Waals surface area (Å²) in [5, 5.41) is 0. The number of benzene rings is 1. The molecule has 0 saturated carbocycles. The number of nitrogens with zero attached hydrogens (tertiary/aromatic N) is 1. The van der Waals surface area contributed by atoms with E-state index < -0.39 is 17.2 Å². The first-order valence-electron chi connectivity index (χ1n) is 4.19. The normalized spacial score (nSPS) is 11.9. The first kappa shape index (κ1) is 11.6. The van der Waals surface area contributed by atoms with Crippen molar-refractivity contribution >= 4 is 22.9 Å². The zero-order valence-electron chi connectivity index (χ0n) is 8.17. The van der Waals surface area contributed by atoms with Crippen LogP contribution in [0.5, 0.6) is 0 Å². The van der Waals surface area contributed by atoms with Gasteiger partial charge < -0.3 is 4.55 Å². The Morgan fingerprint density at radius 2 is 2.00 bits per heavy atom. The first-order valence-corrected chi connectivity index (χ1v) is 5.22. The summed E-state index contributed by atoms with van der Waals surface area (Å²) in [5.74, 6) is -0.674. The summed E-state index contributed by atoms with van der Waals surface area (Å²) >= 11 is -2.63. The van der Waals surface area contributed by atoms with E-state index in [9.17, 15) is 13.6 Å². The SMILES string of the molecule is C=CC(=O)N(c1ccc(C)cc1)S(=O)[O-]. The third-order valence-corrected chi connectivity index (χ3v) is 2.48. The molecule has 0 bridgehead atoms. The van der Waals surface area contributed by atoms with Crippen molar-refractivity contribution in [2.75, 3.05) is 4.31 Å². The van der Waals surface area contributed by atoms with E-state index in [2.05, 4.69) is 6.58 Å². The van der Waals surface area contributed by atoms with E-state index >= 15 is 0 Å². The van der Waals surface area contributed by atoms with Crippen LogP contribution in [0.1, 0.15) is 5.56 Å². The molecule has 1 rings (SSSR count). The molecule has 0 aliphatic carbocycles. The topological polar surface area (TPSA) is 60.4 Å². The zero-order chi connectivity index (χ0) is 11.4. The first-order chi connectivity index (χ1) is 7.06. The van der Waals surface area contributed by atoms with Gasteiger partial charge in [-0.1, -0.05) is 24.3 Å². The maximum atomic E-state index is 11.3. The lowest BCUT2D eigenvalue weighted by Gasteiger charge is -2.22. The second-order valence-corrected chi connectivity index (χ2v) is 3.69. The molecule has 1 aromatic rings. The summed E-state index contributed by atoms with van der Waals surface area (Å²) in [6.07, 6.45) is 0.954. The fourth-order valence-electron chi connectivity index (χ4n) is 1.05. The minimum absolute atomic E-state index is 0.304. The quantitative estimate of drug-likeness (QED) is 0.574. The van der Waals surface area contributed by atoms with E-state index in [1.54, 1.807) is 24.3 Å². The van der Waals surface area contributed by atoms with Gasteiger partial charge in [0, 0.05) is 0 Å². The molecule has 0 aromatic heterocycles. The molecule has 0 fully saturated rings. The third-order valence-electron chi connectivity index (χ3n) is 1.79. The van der Waals surface area contributed by atoms with Crippen LogP contribution in [-0.4, -0.2) is 14.7 Å². The molecule has 0 N–H and O–H groups in total. The smallest absolute Gasteiger partial charge is 0.261 e. The van der Waals surface area contributed by atoms with Gasteiger partial charge in [-0.3, -0.25) is 9.00 Å². The highest BCUT2D eigenvalue weighted by Gasteiger charge is 2.12. The van der Waals surface area contributed by atoms with Crippen LogP contribution >= 0.6 is 0 Å². The van der Waals surface area contributed by atoms with Gasteiger partial charge in [-0.25, -0.2) is 4.31 Å². The maximum Gasteiger partial charge on any atom is 0.261 e. The van der Waals surface area contributed by atoms with E-state index in [0.717, 1.165) is 11.6 Å². The van der Waals surface area contributed by atoms with E-state index in [0.29, 0.717) is 9.99 Å². The number of hydrogen-bond acceptors (Lipinski definition) is 3. The molecule has 0 saturated heterocycles. The van der Waals surface area contributed by atoms with Gasteiger partial charge in [0.25, 0.3) is 5.91 Å². The van der Waals surface area contributed by atoms with Crippen molar-refractivity contribution in [3.8, 4) is 0 Å². The fraction of sp³-hybridized carbons (Fsp3) is 0.100. The molecule has 1 unspecified atom stereocenters. The van der Waals surface area contributed by atoms with Gasteiger partial charge in [0.2, 0.25) is 0 Å². The van der Waals surface area contributed by atoms with Crippen LogP contribution in [0.15, 0.2) is 36.9 Å². The lowest BCUT2D eigenvalue weighted by molar-refractivity contribution is -0.113. The number of hydrogen-bond donors (Lipinski definition) is 0. The molecule has 5 heteroatoms. The largest absolute Gasteiger partial charge is 0.755 e. The van der Waals surface area contributed by atoms with E-state index in [-0.39, 0.29) is 0 Å². The van der Waals surface area contributed by atoms with Gasteiger partial charge >= 0.3 is 0 Å². The average Bonchev–Trinajstić information content (AvgIpc) is 2.20. The van der Waals surface area contributed by atoms with Gasteiger partial charge in [0.05, 0.1) is 17.0 Å². The molecule has 4 nitrogen and oxygen atoms in total. The molecular formula is C10H10NO3S-. The van der Waals surface area contributed by atoms with Crippen molar-refractivity contribution in [1.29, 1.82) is 0 Å². The van der Waals surface area contributed by atoms with Crippen LogP contribution < -0.4 is 4.31 Å². The van der Waals surface area contributed by atoms with Gasteiger partial charge in [-0.05, 0) is 25.1 Å². The Balaban J connectivity index is 3.10. The molecule has 80 valence electrons. The Hall–Kier alpha value is -1.46. The molecule has 1 aromatic carbocycles. The van der Waals surface area contributed by atoms with Crippen LogP contribution in [-0.2, 0) is 16.1 Å². The van der Waals surface area contributed by atoms with Crippen molar-refractivity contribution in [1.82, 2.24) is 0 Å². The highest BCUT2D eigenvalue weighted by atomic mass is 32.2. The maximum absolute atomic E-state index is 11.3. The van der Waals surface area contributed by atoms with Crippen LogP contribution in [0.3, 0.4) is 0 Å². The van der Waals surface area contributed by atoms with Crippen LogP contribution in [0.2, 0.25) is 0 Å². The minimum atomic E-state index is -2.63. The standard InChI is InChI=1S/C10H11NO3S/c1-3-10(12)11(15(13)14)9-6-4-8(2)5-7-9/h3-7H,1H2,2H3,(H,13,14)/p-1. The molecule has 1 atom stereocenters. The van der Waals surface area contributed by atoms with E-state index in [1.807, 2.05) is 6.92 Å². The summed E-state index contributed by atoms with van der Waals surface area (Å²) in [4.78, 5) is 11.3. The lowest BCUT2D eigenvalue weighted by Crippen LogP contribution is -2.30. The Morgan fingerprint density at radius 1 is 1.47 bits per heavy atom. The number of carbonyl (C=O) groups is 1. The van der Waals surface area contributed by atoms with E-state index in [4.69, 9.17) is 0 Å². The average molecular weight is 224 g/mol.